The van der Waals surface area contributed by atoms with Crippen LogP contribution in [0.3, 0.4) is 0 Å². The Morgan fingerprint density at radius 2 is 2.12 bits per heavy atom. The Bertz CT molecular complexity index is 436. The second-order valence-electron chi connectivity index (χ2n) is 3.53. The van der Waals surface area contributed by atoms with Gasteiger partial charge in [0.2, 0.25) is 0 Å². The Morgan fingerprint density at radius 1 is 1.41 bits per heavy atom. The predicted molar refractivity (Wildman–Crippen MR) is 61.7 cm³/mol. The van der Waals surface area contributed by atoms with Crippen LogP contribution in [0, 0.1) is 0 Å². The summed E-state index contributed by atoms with van der Waals surface area (Å²) in [6.07, 6.45) is 1.21. The fraction of sp³-hybridized carbons (Fsp3) is 0.364. The van der Waals surface area contributed by atoms with Crippen molar-refractivity contribution in [2.24, 2.45) is 5.90 Å². The molecule has 0 bridgehead atoms. The van der Waals surface area contributed by atoms with Gasteiger partial charge in [-0.25, -0.2) is 5.90 Å². The third-order valence-corrected chi connectivity index (χ3v) is 2.80. The molecule has 17 heavy (non-hydrogen) atoms. The van der Waals surface area contributed by atoms with Crippen LogP contribution in [-0.4, -0.2) is 26.1 Å². The fourth-order valence-corrected chi connectivity index (χ4v) is 1.99. The van der Waals surface area contributed by atoms with E-state index in [1.165, 1.54) is 0 Å². The van der Waals surface area contributed by atoms with Gasteiger partial charge in [0.1, 0.15) is 13.2 Å². The topological polar surface area (TPSA) is 70.8 Å². The normalized spacial score (nSPS) is 13.5. The van der Waals surface area contributed by atoms with E-state index in [1.807, 2.05) is 0 Å². The molecular formula is C11H12ClNO4. The zero-order chi connectivity index (χ0) is 12.3. The van der Waals surface area contributed by atoms with Gasteiger partial charge in [-0.05, 0) is 6.07 Å². The van der Waals surface area contributed by atoms with Gasteiger partial charge in [-0.2, -0.15) is 0 Å². The molecule has 1 aliphatic heterocycles. The molecule has 0 aromatic heterocycles. The lowest BCUT2D eigenvalue weighted by atomic mass is 10.1. The van der Waals surface area contributed by atoms with Crippen molar-refractivity contribution in [2.75, 3.05) is 19.8 Å². The smallest absolute Gasteiger partial charge is 0.173 e. The monoisotopic (exact) mass is 257 g/mol. The summed E-state index contributed by atoms with van der Waals surface area (Å²) < 4.78 is 10.9. The van der Waals surface area contributed by atoms with E-state index in [4.69, 9.17) is 27.0 Å². The average Bonchev–Trinajstić information content (AvgIpc) is 2.36. The lowest BCUT2D eigenvalue weighted by Crippen LogP contribution is -2.18. The molecule has 92 valence electrons. The first-order valence-electron chi connectivity index (χ1n) is 5.15. The van der Waals surface area contributed by atoms with Crippen LogP contribution in [0.4, 0.5) is 0 Å². The summed E-state index contributed by atoms with van der Waals surface area (Å²) in [5.41, 5.74) is 1.14. The minimum atomic E-state index is 0.318. The van der Waals surface area contributed by atoms with Crippen LogP contribution in [0.1, 0.15) is 15.9 Å². The van der Waals surface area contributed by atoms with E-state index in [9.17, 15) is 4.79 Å². The number of carbonyl (C=O) groups excluding carboxylic acids is 1. The molecule has 0 amide bonds. The van der Waals surface area contributed by atoms with Gasteiger partial charge < -0.3 is 14.3 Å². The number of nitrogens with two attached hydrogens (primary N) is 1. The summed E-state index contributed by atoms with van der Waals surface area (Å²) in [6, 6.07) is 1.68. The number of benzene rings is 1. The summed E-state index contributed by atoms with van der Waals surface area (Å²) in [5.74, 6) is 5.95. The molecule has 0 saturated carbocycles. The number of aldehydes is 1. The molecule has 5 nitrogen and oxygen atoms in total. The summed E-state index contributed by atoms with van der Waals surface area (Å²) in [4.78, 5) is 15.5. The van der Waals surface area contributed by atoms with Crippen molar-refractivity contribution in [1.29, 1.82) is 0 Å². The third-order valence-electron chi connectivity index (χ3n) is 2.48. The molecule has 0 aliphatic carbocycles. The SMILES string of the molecule is NOCCc1cc(Cl)c(C=O)c2c1OCCO2. The van der Waals surface area contributed by atoms with Crippen molar-refractivity contribution in [2.45, 2.75) is 6.42 Å². The zero-order valence-electron chi connectivity index (χ0n) is 9.07. The van der Waals surface area contributed by atoms with Crippen molar-refractivity contribution in [1.82, 2.24) is 0 Å². The molecule has 1 aliphatic rings. The predicted octanol–water partition coefficient (Wildman–Crippen LogP) is 1.36. The highest BCUT2D eigenvalue weighted by molar-refractivity contribution is 6.33. The van der Waals surface area contributed by atoms with Crippen LogP contribution in [-0.2, 0) is 11.3 Å². The van der Waals surface area contributed by atoms with E-state index in [0.29, 0.717) is 54.6 Å². The van der Waals surface area contributed by atoms with Gasteiger partial charge in [0.05, 0.1) is 17.2 Å². The number of hydrogen-bond acceptors (Lipinski definition) is 5. The maximum atomic E-state index is 11.0. The molecule has 0 unspecified atom stereocenters. The van der Waals surface area contributed by atoms with Gasteiger partial charge in [-0.3, -0.25) is 4.79 Å². The van der Waals surface area contributed by atoms with E-state index in [0.717, 1.165) is 5.56 Å². The second kappa shape index (κ2) is 5.35. The fourth-order valence-electron chi connectivity index (χ4n) is 1.73. The van der Waals surface area contributed by atoms with Crippen LogP contribution >= 0.6 is 11.6 Å². The molecule has 2 N–H and O–H groups in total. The Labute approximate surface area is 103 Å². The van der Waals surface area contributed by atoms with E-state index in [1.54, 1.807) is 6.07 Å². The number of ether oxygens (including phenoxy) is 2. The number of halogens is 1. The summed E-state index contributed by atoms with van der Waals surface area (Å²) in [6.45, 7) is 1.19. The Kier molecular flexibility index (Phi) is 3.83. The molecule has 0 saturated heterocycles. The maximum Gasteiger partial charge on any atom is 0.173 e. The van der Waals surface area contributed by atoms with Crippen molar-refractivity contribution in [3.63, 3.8) is 0 Å². The molecule has 1 aromatic carbocycles. The standard InChI is InChI=1S/C11H12ClNO4/c12-9-5-7(1-2-17-13)10-11(8(9)6-14)16-4-3-15-10/h5-6H,1-4,13H2. The zero-order valence-corrected chi connectivity index (χ0v) is 9.83. The molecule has 0 atom stereocenters. The molecule has 2 rings (SSSR count). The summed E-state index contributed by atoms with van der Waals surface area (Å²) >= 11 is 6.01. The highest BCUT2D eigenvalue weighted by Gasteiger charge is 2.22. The maximum absolute atomic E-state index is 11.0. The van der Waals surface area contributed by atoms with Crippen LogP contribution < -0.4 is 15.4 Å². The Balaban J connectivity index is 2.46. The van der Waals surface area contributed by atoms with Gasteiger partial charge >= 0.3 is 0 Å². The summed E-state index contributed by atoms with van der Waals surface area (Å²) in [5, 5.41) is 0.344. The van der Waals surface area contributed by atoms with Crippen molar-refractivity contribution in [3.05, 3.63) is 22.2 Å². The van der Waals surface area contributed by atoms with Crippen molar-refractivity contribution >= 4 is 17.9 Å². The van der Waals surface area contributed by atoms with Gasteiger partial charge in [0.25, 0.3) is 0 Å². The highest BCUT2D eigenvalue weighted by atomic mass is 35.5. The highest BCUT2D eigenvalue weighted by Crippen LogP contribution is 2.40. The van der Waals surface area contributed by atoms with E-state index < -0.39 is 0 Å². The molecule has 1 aromatic rings. The molecular weight excluding hydrogens is 246 g/mol. The van der Waals surface area contributed by atoms with Crippen LogP contribution in [0.5, 0.6) is 11.5 Å². The first kappa shape index (κ1) is 12.2. The molecule has 0 radical (unpaired) electrons. The third kappa shape index (κ3) is 2.36. The Morgan fingerprint density at radius 3 is 2.76 bits per heavy atom. The minimum absolute atomic E-state index is 0.318. The largest absolute Gasteiger partial charge is 0.486 e. The number of hydrogen-bond donors (Lipinski definition) is 1. The number of rotatable bonds is 4. The Hall–Kier alpha value is -1.30. The molecule has 1 heterocycles. The molecule has 0 fully saturated rings. The van der Waals surface area contributed by atoms with Gasteiger partial charge in [0.15, 0.2) is 17.8 Å². The van der Waals surface area contributed by atoms with Crippen molar-refractivity contribution in [3.8, 4) is 11.5 Å². The van der Waals surface area contributed by atoms with E-state index >= 15 is 0 Å². The summed E-state index contributed by atoms with van der Waals surface area (Å²) in [7, 11) is 0. The minimum Gasteiger partial charge on any atom is -0.486 e. The van der Waals surface area contributed by atoms with Gasteiger partial charge in [-0.1, -0.05) is 11.6 Å². The van der Waals surface area contributed by atoms with Crippen LogP contribution in [0.15, 0.2) is 6.07 Å². The molecule has 0 spiro atoms. The quantitative estimate of drug-likeness (QED) is 0.651. The van der Waals surface area contributed by atoms with Crippen LogP contribution in [0.2, 0.25) is 5.02 Å². The first-order valence-corrected chi connectivity index (χ1v) is 5.53. The lowest BCUT2D eigenvalue weighted by molar-refractivity contribution is 0.111. The average molecular weight is 258 g/mol. The van der Waals surface area contributed by atoms with Crippen LogP contribution in [0.25, 0.3) is 0 Å². The van der Waals surface area contributed by atoms with Gasteiger partial charge in [0, 0.05) is 12.0 Å². The first-order chi connectivity index (χ1) is 8.27. The van der Waals surface area contributed by atoms with E-state index in [2.05, 4.69) is 4.84 Å². The number of carbonyl (C=O) groups is 1. The van der Waals surface area contributed by atoms with E-state index in [-0.39, 0.29) is 0 Å². The van der Waals surface area contributed by atoms with Gasteiger partial charge in [-0.15, -0.1) is 0 Å². The molecule has 6 heteroatoms. The lowest BCUT2D eigenvalue weighted by Gasteiger charge is -2.23. The number of fused-ring (bicyclic) bond motifs is 1. The second-order valence-corrected chi connectivity index (χ2v) is 3.93. The van der Waals surface area contributed by atoms with Crippen molar-refractivity contribution < 1.29 is 19.1 Å².